The molecule has 0 bridgehead atoms. The zero-order chi connectivity index (χ0) is 14.3. The Bertz CT molecular complexity index is 260. The maximum atomic E-state index is 11.7. The fraction of sp³-hybridized carbons (Fsp3) is 0.933. The number of nitrogens with one attached hydrogen (secondary N) is 2. The quantitative estimate of drug-likeness (QED) is 0.735. The number of amides is 1. The molecule has 1 atom stereocenters. The second-order valence-corrected chi connectivity index (χ2v) is 6.14. The molecular formula is C15H31N3O. The van der Waals surface area contributed by atoms with Crippen LogP contribution in [0.4, 0.5) is 0 Å². The molecular weight excluding hydrogens is 238 g/mol. The predicted molar refractivity (Wildman–Crippen MR) is 80.2 cm³/mol. The van der Waals surface area contributed by atoms with Crippen LogP contribution in [0.5, 0.6) is 0 Å². The van der Waals surface area contributed by atoms with Crippen LogP contribution in [0.25, 0.3) is 0 Å². The van der Waals surface area contributed by atoms with Crippen LogP contribution in [0.3, 0.4) is 0 Å². The minimum atomic E-state index is 0.117. The monoisotopic (exact) mass is 269 g/mol. The van der Waals surface area contributed by atoms with Gasteiger partial charge in [0.05, 0.1) is 6.54 Å². The van der Waals surface area contributed by atoms with Crippen molar-refractivity contribution < 1.29 is 4.79 Å². The van der Waals surface area contributed by atoms with E-state index in [-0.39, 0.29) is 5.91 Å². The van der Waals surface area contributed by atoms with E-state index in [1.165, 1.54) is 25.9 Å². The summed E-state index contributed by atoms with van der Waals surface area (Å²) in [6.45, 7) is 13.4. The highest BCUT2D eigenvalue weighted by Crippen LogP contribution is 2.20. The number of hydrogen-bond donors (Lipinski definition) is 2. The number of carbonyl (C=O) groups is 1. The largest absolute Gasteiger partial charge is 0.355 e. The topological polar surface area (TPSA) is 44.4 Å². The molecule has 0 aromatic rings. The van der Waals surface area contributed by atoms with Crippen LogP contribution in [0, 0.1) is 11.8 Å². The molecule has 0 aromatic carbocycles. The molecule has 1 aliphatic rings. The van der Waals surface area contributed by atoms with Gasteiger partial charge in [0.1, 0.15) is 0 Å². The average molecular weight is 269 g/mol. The van der Waals surface area contributed by atoms with Crippen LogP contribution in [0.1, 0.15) is 40.5 Å². The molecule has 1 aliphatic heterocycles. The van der Waals surface area contributed by atoms with E-state index in [4.69, 9.17) is 0 Å². The van der Waals surface area contributed by atoms with Crippen LogP contribution in [0.15, 0.2) is 0 Å². The number of piperidine rings is 1. The van der Waals surface area contributed by atoms with E-state index < -0.39 is 0 Å². The standard InChI is InChI=1S/C15H31N3O/c1-5-18-8-6-14(7-9-18)13(4)16-11-15(19)17-10-12(2)3/h12-14,16H,5-11H2,1-4H3,(H,17,19). The first-order valence-corrected chi connectivity index (χ1v) is 7.75. The minimum absolute atomic E-state index is 0.117. The summed E-state index contributed by atoms with van der Waals surface area (Å²) in [7, 11) is 0. The van der Waals surface area contributed by atoms with Gasteiger partial charge in [0, 0.05) is 12.6 Å². The normalized spacial score (nSPS) is 19.6. The summed E-state index contributed by atoms with van der Waals surface area (Å²) >= 11 is 0. The van der Waals surface area contributed by atoms with Gasteiger partial charge in [-0.25, -0.2) is 0 Å². The van der Waals surface area contributed by atoms with Gasteiger partial charge in [-0.1, -0.05) is 20.8 Å². The highest BCUT2D eigenvalue weighted by Gasteiger charge is 2.23. The molecule has 4 nitrogen and oxygen atoms in total. The maximum absolute atomic E-state index is 11.7. The first kappa shape index (κ1) is 16.4. The first-order valence-electron chi connectivity index (χ1n) is 7.75. The third-order valence-corrected chi connectivity index (χ3v) is 4.08. The van der Waals surface area contributed by atoms with Gasteiger partial charge in [-0.2, -0.15) is 0 Å². The molecule has 0 aromatic heterocycles. The minimum Gasteiger partial charge on any atom is -0.355 e. The van der Waals surface area contributed by atoms with E-state index in [2.05, 4.69) is 43.2 Å². The molecule has 4 heteroatoms. The van der Waals surface area contributed by atoms with E-state index in [0.29, 0.717) is 24.4 Å². The van der Waals surface area contributed by atoms with E-state index in [9.17, 15) is 4.79 Å². The Balaban J connectivity index is 2.17. The first-order chi connectivity index (χ1) is 9.02. The molecule has 1 amide bonds. The molecule has 1 unspecified atom stereocenters. The molecule has 2 N–H and O–H groups in total. The predicted octanol–water partition coefficient (Wildman–Crippen LogP) is 1.47. The SMILES string of the molecule is CCN1CCC(C(C)NCC(=O)NCC(C)C)CC1. The molecule has 0 saturated carbocycles. The number of rotatable bonds is 7. The van der Waals surface area contributed by atoms with E-state index >= 15 is 0 Å². The Hall–Kier alpha value is -0.610. The summed E-state index contributed by atoms with van der Waals surface area (Å²) in [5.41, 5.74) is 0. The summed E-state index contributed by atoms with van der Waals surface area (Å²) in [4.78, 5) is 14.1. The molecule has 0 spiro atoms. The van der Waals surface area contributed by atoms with Gasteiger partial charge in [0.25, 0.3) is 0 Å². The van der Waals surface area contributed by atoms with Crippen molar-refractivity contribution in [2.75, 3.05) is 32.7 Å². The molecule has 1 saturated heterocycles. The Kier molecular flexibility index (Phi) is 7.39. The fourth-order valence-corrected chi connectivity index (χ4v) is 2.57. The molecule has 1 fully saturated rings. The maximum Gasteiger partial charge on any atom is 0.233 e. The summed E-state index contributed by atoms with van der Waals surface area (Å²) in [6, 6.07) is 0.434. The van der Waals surface area contributed by atoms with Gasteiger partial charge in [-0.15, -0.1) is 0 Å². The van der Waals surface area contributed by atoms with Gasteiger partial charge in [0.2, 0.25) is 5.91 Å². The summed E-state index contributed by atoms with van der Waals surface area (Å²) in [6.07, 6.45) is 2.49. The van der Waals surface area contributed by atoms with Gasteiger partial charge in [-0.3, -0.25) is 4.79 Å². The smallest absolute Gasteiger partial charge is 0.233 e. The lowest BCUT2D eigenvalue weighted by molar-refractivity contribution is -0.120. The van der Waals surface area contributed by atoms with Crippen molar-refractivity contribution >= 4 is 5.91 Å². The summed E-state index contributed by atoms with van der Waals surface area (Å²) < 4.78 is 0. The highest BCUT2D eigenvalue weighted by molar-refractivity contribution is 5.77. The molecule has 0 aliphatic carbocycles. The average Bonchev–Trinajstić information content (AvgIpc) is 2.42. The van der Waals surface area contributed by atoms with Crippen LogP contribution in [-0.2, 0) is 4.79 Å². The molecule has 1 heterocycles. The van der Waals surface area contributed by atoms with E-state index in [1.54, 1.807) is 0 Å². The second kappa shape index (κ2) is 8.54. The lowest BCUT2D eigenvalue weighted by Crippen LogP contribution is -2.45. The van der Waals surface area contributed by atoms with Gasteiger partial charge in [-0.05, 0) is 51.2 Å². The van der Waals surface area contributed by atoms with Crippen molar-refractivity contribution in [2.24, 2.45) is 11.8 Å². The van der Waals surface area contributed by atoms with Crippen molar-refractivity contribution in [1.82, 2.24) is 15.5 Å². The van der Waals surface area contributed by atoms with Crippen molar-refractivity contribution in [3.63, 3.8) is 0 Å². The van der Waals surface area contributed by atoms with E-state index in [1.807, 2.05) is 0 Å². The zero-order valence-corrected chi connectivity index (χ0v) is 13.0. The van der Waals surface area contributed by atoms with Crippen LogP contribution >= 0.6 is 0 Å². The number of hydrogen-bond acceptors (Lipinski definition) is 3. The van der Waals surface area contributed by atoms with Crippen LogP contribution in [-0.4, -0.2) is 49.6 Å². The molecule has 0 radical (unpaired) electrons. The lowest BCUT2D eigenvalue weighted by atomic mass is 9.90. The highest BCUT2D eigenvalue weighted by atomic mass is 16.1. The Morgan fingerprint density at radius 1 is 1.26 bits per heavy atom. The number of likely N-dealkylation sites (tertiary alicyclic amines) is 1. The van der Waals surface area contributed by atoms with Crippen molar-refractivity contribution in [3.05, 3.63) is 0 Å². The number of carbonyl (C=O) groups excluding carboxylic acids is 1. The van der Waals surface area contributed by atoms with Crippen molar-refractivity contribution in [3.8, 4) is 0 Å². The Morgan fingerprint density at radius 2 is 1.89 bits per heavy atom. The molecule has 112 valence electrons. The third kappa shape index (κ3) is 6.39. The molecule has 1 rings (SSSR count). The molecule has 19 heavy (non-hydrogen) atoms. The van der Waals surface area contributed by atoms with Gasteiger partial charge >= 0.3 is 0 Å². The third-order valence-electron chi connectivity index (χ3n) is 4.08. The van der Waals surface area contributed by atoms with E-state index in [0.717, 1.165) is 13.1 Å². The Labute approximate surface area is 118 Å². The van der Waals surface area contributed by atoms with Crippen LogP contribution < -0.4 is 10.6 Å². The fourth-order valence-electron chi connectivity index (χ4n) is 2.57. The van der Waals surface area contributed by atoms with Crippen LogP contribution in [0.2, 0.25) is 0 Å². The van der Waals surface area contributed by atoms with Gasteiger partial charge < -0.3 is 15.5 Å². The second-order valence-electron chi connectivity index (χ2n) is 6.14. The van der Waals surface area contributed by atoms with Gasteiger partial charge in [0.15, 0.2) is 0 Å². The van der Waals surface area contributed by atoms with Crippen molar-refractivity contribution in [1.29, 1.82) is 0 Å². The summed E-state index contributed by atoms with van der Waals surface area (Å²) in [5, 5.41) is 6.33. The Morgan fingerprint density at radius 3 is 2.42 bits per heavy atom. The summed E-state index contributed by atoms with van der Waals surface area (Å²) in [5.74, 6) is 1.34. The number of nitrogens with zero attached hydrogens (tertiary/aromatic N) is 1. The zero-order valence-electron chi connectivity index (χ0n) is 13.0. The van der Waals surface area contributed by atoms with Crippen molar-refractivity contribution in [2.45, 2.75) is 46.6 Å². The lowest BCUT2D eigenvalue weighted by Gasteiger charge is -2.34.